The molecule has 154 valence electrons. The molecule has 0 unspecified atom stereocenters. The number of carbonyl (C=O) groups excluding carboxylic acids is 1. The van der Waals surface area contributed by atoms with Gasteiger partial charge in [0, 0.05) is 17.1 Å². The van der Waals surface area contributed by atoms with Crippen LogP contribution in [0.3, 0.4) is 0 Å². The molecular weight excluding hydrogens is 468 g/mol. The van der Waals surface area contributed by atoms with E-state index in [2.05, 4.69) is 57.0 Å². The Bertz CT molecular complexity index is 495. The number of halogens is 2. The van der Waals surface area contributed by atoms with Gasteiger partial charge in [0.05, 0.1) is 0 Å². The van der Waals surface area contributed by atoms with E-state index in [0.29, 0.717) is 13.0 Å². The van der Waals surface area contributed by atoms with Gasteiger partial charge in [0.1, 0.15) is 6.61 Å². The second-order valence-electron chi connectivity index (χ2n) is 7.37. The number of ether oxygens (including phenoxy) is 1. The van der Waals surface area contributed by atoms with Gasteiger partial charge in [-0.3, -0.25) is 4.79 Å². The molecule has 0 aromatic heterocycles. The van der Waals surface area contributed by atoms with E-state index >= 15 is 0 Å². The Morgan fingerprint density at radius 1 is 0.741 bits per heavy atom. The second-order valence-corrected chi connectivity index (χ2v) is 8.49. The molecule has 0 radical (unpaired) electrons. The van der Waals surface area contributed by atoms with Crippen molar-refractivity contribution in [3.8, 4) is 0 Å². The van der Waals surface area contributed by atoms with Crippen molar-refractivity contribution < 1.29 is 9.53 Å². The molecule has 27 heavy (non-hydrogen) atoms. The maximum absolute atomic E-state index is 11.9. The van der Waals surface area contributed by atoms with Gasteiger partial charge in [0.15, 0.2) is 0 Å². The first-order valence-corrected chi connectivity index (χ1v) is 12.8. The minimum absolute atomic E-state index is 0.0736. The van der Waals surface area contributed by atoms with Gasteiger partial charge < -0.3 is 4.74 Å². The predicted molar refractivity (Wildman–Crippen MR) is 123 cm³/mol. The molecule has 0 aliphatic rings. The molecule has 4 heteroatoms. The molecule has 0 aliphatic heterocycles. The van der Waals surface area contributed by atoms with Crippen LogP contribution < -0.4 is 0 Å². The molecule has 0 fully saturated rings. The van der Waals surface area contributed by atoms with Gasteiger partial charge >= 0.3 is 5.97 Å². The third-order valence-corrected chi connectivity index (χ3v) is 6.10. The van der Waals surface area contributed by atoms with Gasteiger partial charge in [-0.25, -0.2) is 0 Å². The predicted octanol–water partition coefficient (Wildman–Crippen LogP) is 8.22. The summed E-state index contributed by atoms with van der Waals surface area (Å²) < 4.78 is 5.45. The minimum Gasteiger partial charge on any atom is -0.461 e. The highest BCUT2D eigenvalue weighted by Crippen LogP contribution is 2.17. The van der Waals surface area contributed by atoms with Gasteiger partial charge in [-0.15, -0.1) is 0 Å². The van der Waals surface area contributed by atoms with Crippen LogP contribution in [-0.2, 0) is 26.8 Å². The highest BCUT2D eigenvalue weighted by Gasteiger charge is 2.05. The van der Waals surface area contributed by atoms with Crippen LogP contribution >= 0.6 is 31.9 Å². The van der Waals surface area contributed by atoms with Gasteiger partial charge in [-0.1, -0.05) is 121 Å². The van der Waals surface area contributed by atoms with E-state index in [9.17, 15) is 4.79 Å². The highest BCUT2D eigenvalue weighted by molar-refractivity contribution is 9.08. The maximum atomic E-state index is 11.9. The molecule has 0 atom stereocenters. The fraction of sp³-hybridized carbons (Fsp3) is 0.696. The van der Waals surface area contributed by atoms with Crippen molar-refractivity contribution in [1.82, 2.24) is 0 Å². The number of alkyl halides is 2. The van der Waals surface area contributed by atoms with Crippen LogP contribution in [0.1, 0.15) is 101 Å². The summed E-state index contributed by atoms with van der Waals surface area (Å²) in [5.41, 5.74) is 3.49. The Kier molecular flexibility index (Phi) is 15.2. The number of hydrogen-bond acceptors (Lipinski definition) is 2. The van der Waals surface area contributed by atoms with Crippen molar-refractivity contribution in [1.29, 1.82) is 0 Å². The van der Waals surface area contributed by atoms with E-state index in [1.165, 1.54) is 68.9 Å². The summed E-state index contributed by atoms with van der Waals surface area (Å²) in [5.74, 6) is -0.0736. The Hall–Kier alpha value is -0.350. The molecule has 0 bridgehead atoms. The van der Waals surface area contributed by atoms with Crippen molar-refractivity contribution in [3.63, 3.8) is 0 Å². The van der Waals surface area contributed by atoms with Crippen molar-refractivity contribution in [3.05, 3.63) is 34.9 Å². The summed E-state index contributed by atoms with van der Waals surface area (Å²) in [4.78, 5) is 11.9. The zero-order chi connectivity index (χ0) is 19.7. The zero-order valence-corrected chi connectivity index (χ0v) is 20.1. The Morgan fingerprint density at radius 3 is 1.67 bits per heavy atom. The molecular formula is C23H36Br2O2. The number of benzene rings is 1. The second kappa shape index (κ2) is 16.6. The van der Waals surface area contributed by atoms with Crippen molar-refractivity contribution in [2.24, 2.45) is 0 Å². The summed E-state index contributed by atoms with van der Waals surface area (Å²) in [6.45, 7) is 2.64. The molecule has 0 saturated carbocycles. The average molecular weight is 504 g/mol. The van der Waals surface area contributed by atoms with Gasteiger partial charge in [-0.05, 0) is 23.1 Å². The lowest BCUT2D eigenvalue weighted by Crippen LogP contribution is -2.05. The molecule has 2 nitrogen and oxygen atoms in total. The molecule has 1 aromatic rings. The Balaban J connectivity index is 2.05. The molecule has 0 amide bonds. The molecule has 0 N–H and O–H groups in total. The van der Waals surface area contributed by atoms with E-state index in [4.69, 9.17) is 4.74 Å². The van der Waals surface area contributed by atoms with Crippen LogP contribution in [0.4, 0.5) is 0 Å². The highest BCUT2D eigenvalue weighted by atomic mass is 79.9. The number of carbonyl (C=O) groups is 1. The Labute approximate surface area is 183 Å². The lowest BCUT2D eigenvalue weighted by atomic mass is 10.1. The molecule has 0 heterocycles. The first-order chi connectivity index (χ1) is 13.2. The van der Waals surface area contributed by atoms with Crippen molar-refractivity contribution in [2.75, 3.05) is 0 Å². The van der Waals surface area contributed by atoms with Crippen LogP contribution in [0.5, 0.6) is 0 Å². The lowest BCUT2D eigenvalue weighted by molar-refractivity contribution is -0.145. The number of rotatable bonds is 16. The third kappa shape index (κ3) is 12.7. The number of unbranched alkanes of at least 4 members (excludes halogenated alkanes) is 10. The Morgan fingerprint density at radius 2 is 1.19 bits per heavy atom. The maximum Gasteiger partial charge on any atom is 0.306 e. The monoisotopic (exact) mass is 502 g/mol. The van der Waals surface area contributed by atoms with Crippen LogP contribution in [0.2, 0.25) is 0 Å². The normalized spacial score (nSPS) is 10.9. The average Bonchev–Trinajstić information content (AvgIpc) is 2.70. The number of esters is 1. The SMILES string of the molecule is CCCCCCCCCCCCCC(=O)OCc1cc(CBr)cc(CBr)c1. The summed E-state index contributed by atoms with van der Waals surface area (Å²) in [6, 6.07) is 6.34. The van der Waals surface area contributed by atoms with Crippen LogP contribution in [0.15, 0.2) is 18.2 Å². The quantitative estimate of drug-likeness (QED) is 0.129. The van der Waals surface area contributed by atoms with Crippen molar-refractivity contribution in [2.45, 2.75) is 101 Å². The van der Waals surface area contributed by atoms with E-state index < -0.39 is 0 Å². The third-order valence-electron chi connectivity index (χ3n) is 4.81. The fourth-order valence-corrected chi connectivity index (χ4v) is 3.89. The van der Waals surface area contributed by atoms with Gasteiger partial charge in [0.25, 0.3) is 0 Å². The van der Waals surface area contributed by atoms with Crippen LogP contribution in [0, 0.1) is 0 Å². The van der Waals surface area contributed by atoms with Crippen LogP contribution in [0.25, 0.3) is 0 Å². The van der Waals surface area contributed by atoms with E-state index in [-0.39, 0.29) is 5.97 Å². The zero-order valence-electron chi connectivity index (χ0n) is 16.9. The molecule has 0 spiro atoms. The van der Waals surface area contributed by atoms with Crippen molar-refractivity contribution >= 4 is 37.8 Å². The minimum atomic E-state index is -0.0736. The molecule has 0 saturated heterocycles. The number of hydrogen-bond donors (Lipinski definition) is 0. The summed E-state index contributed by atoms with van der Waals surface area (Å²) in [5, 5.41) is 1.63. The van der Waals surface area contributed by atoms with E-state index in [0.717, 1.165) is 29.1 Å². The van der Waals surface area contributed by atoms with Crippen LogP contribution in [-0.4, -0.2) is 5.97 Å². The molecule has 0 aliphatic carbocycles. The lowest BCUT2D eigenvalue weighted by Gasteiger charge is -2.08. The molecule has 1 aromatic carbocycles. The van der Waals surface area contributed by atoms with E-state index in [1.54, 1.807) is 0 Å². The van der Waals surface area contributed by atoms with Gasteiger partial charge in [0.2, 0.25) is 0 Å². The molecule has 1 rings (SSSR count). The summed E-state index contributed by atoms with van der Waals surface area (Å²) >= 11 is 6.98. The standard InChI is InChI=1S/C23H36Br2O2/c1-2-3-4-5-6-7-8-9-10-11-12-13-23(26)27-19-22-15-20(17-24)14-21(16-22)18-25/h14-16H,2-13,17-19H2,1H3. The fourth-order valence-electron chi connectivity index (χ4n) is 3.25. The van der Waals surface area contributed by atoms with Gasteiger partial charge in [-0.2, -0.15) is 0 Å². The summed E-state index contributed by atoms with van der Waals surface area (Å²) in [7, 11) is 0. The summed E-state index contributed by atoms with van der Waals surface area (Å²) in [6.07, 6.45) is 14.8. The first-order valence-electron chi connectivity index (χ1n) is 10.6. The largest absolute Gasteiger partial charge is 0.461 e. The topological polar surface area (TPSA) is 26.3 Å². The smallest absolute Gasteiger partial charge is 0.306 e. The first kappa shape index (κ1) is 24.7. The van der Waals surface area contributed by atoms with E-state index in [1.807, 2.05) is 0 Å².